The molecule has 0 aromatic rings. The summed E-state index contributed by atoms with van der Waals surface area (Å²) in [4.78, 5) is 0. The highest BCUT2D eigenvalue weighted by Crippen LogP contribution is 2.07. The normalized spacial score (nSPS) is 13.3. The van der Waals surface area contributed by atoms with E-state index in [1.54, 1.807) is 0 Å². The van der Waals surface area contributed by atoms with E-state index in [0.29, 0.717) is 4.31 Å². The van der Waals surface area contributed by atoms with Crippen LogP contribution in [-0.2, 0) is 10.0 Å². The Balaban J connectivity index is 4.38. The van der Waals surface area contributed by atoms with E-state index in [9.17, 15) is 17.2 Å². The SMILES string of the molecule is CC(C)S(=O)(=O)N(C)CC(F)F. The van der Waals surface area contributed by atoms with Gasteiger partial charge in [0.05, 0.1) is 11.8 Å². The van der Waals surface area contributed by atoms with Gasteiger partial charge in [0.25, 0.3) is 6.43 Å². The number of nitrogens with zero attached hydrogens (tertiary/aromatic N) is 1. The quantitative estimate of drug-likeness (QED) is 0.678. The molecule has 0 aromatic carbocycles. The van der Waals surface area contributed by atoms with E-state index in [2.05, 4.69) is 0 Å². The molecule has 12 heavy (non-hydrogen) atoms. The monoisotopic (exact) mass is 201 g/mol. The Bertz CT molecular complexity index is 226. The van der Waals surface area contributed by atoms with E-state index in [4.69, 9.17) is 0 Å². The fraction of sp³-hybridized carbons (Fsp3) is 1.00. The summed E-state index contributed by atoms with van der Waals surface area (Å²) in [7, 11) is -2.36. The van der Waals surface area contributed by atoms with Crippen molar-refractivity contribution in [3.63, 3.8) is 0 Å². The maximum atomic E-state index is 11.8. The fourth-order valence-electron chi connectivity index (χ4n) is 0.658. The van der Waals surface area contributed by atoms with Gasteiger partial charge in [0, 0.05) is 7.05 Å². The predicted octanol–water partition coefficient (Wildman–Crippen LogP) is 0.921. The molecule has 0 rings (SSSR count). The zero-order valence-corrected chi connectivity index (χ0v) is 8.11. The zero-order valence-electron chi connectivity index (χ0n) is 7.29. The Hall–Kier alpha value is -0.230. The highest BCUT2D eigenvalue weighted by atomic mass is 32.2. The van der Waals surface area contributed by atoms with Gasteiger partial charge in [-0.25, -0.2) is 17.2 Å². The van der Waals surface area contributed by atoms with Crippen LogP contribution in [0, 0.1) is 0 Å². The van der Waals surface area contributed by atoms with Gasteiger partial charge >= 0.3 is 0 Å². The second kappa shape index (κ2) is 4.13. The van der Waals surface area contributed by atoms with E-state index in [1.807, 2.05) is 0 Å². The van der Waals surface area contributed by atoms with Crippen molar-refractivity contribution in [3.05, 3.63) is 0 Å². The Labute approximate surface area is 71.4 Å². The Morgan fingerprint density at radius 3 is 2.00 bits per heavy atom. The molecule has 0 atom stereocenters. The summed E-state index contributed by atoms with van der Waals surface area (Å²) in [5, 5.41) is -0.652. The molecule has 0 saturated carbocycles. The lowest BCUT2D eigenvalue weighted by atomic mass is 10.6. The smallest absolute Gasteiger partial charge is 0.212 e. The second-order valence-electron chi connectivity index (χ2n) is 2.77. The van der Waals surface area contributed by atoms with Gasteiger partial charge in [-0.2, -0.15) is 4.31 Å². The molecule has 0 aliphatic heterocycles. The highest BCUT2D eigenvalue weighted by Gasteiger charge is 2.24. The van der Waals surface area contributed by atoms with Gasteiger partial charge in [-0.1, -0.05) is 0 Å². The lowest BCUT2D eigenvalue weighted by molar-refractivity contribution is 0.126. The van der Waals surface area contributed by atoms with Crippen molar-refractivity contribution in [2.24, 2.45) is 0 Å². The van der Waals surface area contributed by atoms with E-state index in [1.165, 1.54) is 13.8 Å². The summed E-state index contributed by atoms with van der Waals surface area (Å²) in [6, 6.07) is 0. The van der Waals surface area contributed by atoms with E-state index >= 15 is 0 Å². The van der Waals surface area contributed by atoms with E-state index < -0.39 is 28.2 Å². The molecule has 0 fully saturated rings. The summed E-state index contributed by atoms with van der Waals surface area (Å²) in [6.45, 7) is 2.18. The molecule has 0 spiro atoms. The Kier molecular flexibility index (Phi) is 4.05. The van der Waals surface area contributed by atoms with Crippen molar-refractivity contribution in [1.29, 1.82) is 0 Å². The number of alkyl halides is 2. The fourth-order valence-corrected chi connectivity index (χ4v) is 1.70. The topological polar surface area (TPSA) is 37.4 Å². The van der Waals surface area contributed by atoms with Crippen molar-refractivity contribution in [1.82, 2.24) is 4.31 Å². The number of hydrogen-bond acceptors (Lipinski definition) is 2. The van der Waals surface area contributed by atoms with Crippen LogP contribution in [-0.4, -0.2) is 38.0 Å². The molecule has 0 bridgehead atoms. The van der Waals surface area contributed by atoms with Crippen LogP contribution in [0.4, 0.5) is 8.78 Å². The molecule has 0 aliphatic rings. The third-order valence-electron chi connectivity index (χ3n) is 1.43. The van der Waals surface area contributed by atoms with Crippen molar-refractivity contribution in [2.45, 2.75) is 25.5 Å². The lowest BCUT2D eigenvalue weighted by Crippen LogP contribution is -2.36. The van der Waals surface area contributed by atoms with Gasteiger partial charge in [0.1, 0.15) is 0 Å². The predicted molar refractivity (Wildman–Crippen MR) is 42.7 cm³/mol. The van der Waals surface area contributed by atoms with Gasteiger partial charge in [-0.05, 0) is 13.8 Å². The lowest BCUT2D eigenvalue weighted by Gasteiger charge is -2.18. The van der Waals surface area contributed by atoms with Crippen LogP contribution >= 0.6 is 0 Å². The van der Waals surface area contributed by atoms with Crippen LogP contribution in [0.15, 0.2) is 0 Å². The molecular weight excluding hydrogens is 188 g/mol. The molecule has 0 aliphatic carbocycles. The number of rotatable bonds is 4. The molecule has 0 saturated heterocycles. The molecule has 0 aromatic heterocycles. The summed E-state index contributed by atoms with van der Waals surface area (Å²) >= 11 is 0. The first-order chi connectivity index (χ1) is 5.28. The average molecular weight is 201 g/mol. The van der Waals surface area contributed by atoms with Crippen LogP contribution in [0.3, 0.4) is 0 Å². The van der Waals surface area contributed by atoms with Gasteiger partial charge in [0.2, 0.25) is 10.0 Å². The average Bonchev–Trinajstić information content (AvgIpc) is 1.85. The van der Waals surface area contributed by atoms with E-state index in [-0.39, 0.29) is 0 Å². The van der Waals surface area contributed by atoms with Crippen molar-refractivity contribution in [2.75, 3.05) is 13.6 Å². The largest absolute Gasteiger partial charge is 0.252 e. The molecular formula is C6H13F2NO2S. The molecule has 0 heterocycles. The second-order valence-corrected chi connectivity index (χ2v) is 5.36. The maximum absolute atomic E-state index is 11.8. The van der Waals surface area contributed by atoms with Crippen LogP contribution in [0.25, 0.3) is 0 Å². The standard InChI is InChI=1S/C6H13F2NO2S/c1-5(2)12(10,11)9(3)4-6(7)8/h5-6H,4H2,1-3H3. The molecule has 6 heteroatoms. The zero-order chi connectivity index (χ0) is 9.94. The first-order valence-electron chi connectivity index (χ1n) is 3.51. The summed E-state index contributed by atoms with van der Waals surface area (Å²) in [5.74, 6) is 0. The van der Waals surface area contributed by atoms with Crippen molar-refractivity contribution < 1.29 is 17.2 Å². The first-order valence-corrected chi connectivity index (χ1v) is 5.02. The van der Waals surface area contributed by atoms with Crippen LogP contribution in [0.5, 0.6) is 0 Å². The molecule has 0 amide bonds. The first kappa shape index (κ1) is 11.8. The van der Waals surface area contributed by atoms with Crippen LogP contribution < -0.4 is 0 Å². The van der Waals surface area contributed by atoms with Gasteiger partial charge < -0.3 is 0 Å². The number of hydrogen-bond donors (Lipinski definition) is 0. The van der Waals surface area contributed by atoms with Crippen molar-refractivity contribution >= 4 is 10.0 Å². The number of sulfonamides is 1. The highest BCUT2D eigenvalue weighted by molar-refractivity contribution is 7.89. The van der Waals surface area contributed by atoms with Gasteiger partial charge in [-0.15, -0.1) is 0 Å². The minimum absolute atomic E-state index is 0.652. The van der Waals surface area contributed by atoms with Gasteiger partial charge in [0.15, 0.2) is 0 Å². The Morgan fingerprint density at radius 1 is 1.33 bits per heavy atom. The molecule has 0 N–H and O–H groups in total. The third-order valence-corrected chi connectivity index (χ3v) is 3.63. The maximum Gasteiger partial charge on any atom is 0.252 e. The van der Waals surface area contributed by atoms with Gasteiger partial charge in [-0.3, -0.25) is 0 Å². The van der Waals surface area contributed by atoms with Crippen molar-refractivity contribution in [3.8, 4) is 0 Å². The summed E-state index contributed by atoms with van der Waals surface area (Å²) < 4.78 is 46.5. The molecule has 0 unspecified atom stereocenters. The van der Waals surface area contributed by atoms with Crippen LogP contribution in [0.1, 0.15) is 13.8 Å². The minimum atomic E-state index is -3.52. The Morgan fingerprint density at radius 2 is 1.75 bits per heavy atom. The molecule has 3 nitrogen and oxygen atoms in total. The van der Waals surface area contributed by atoms with E-state index in [0.717, 1.165) is 7.05 Å². The minimum Gasteiger partial charge on any atom is -0.212 e. The van der Waals surface area contributed by atoms with Crippen LogP contribution in [0.2, 0.25) is 0 Å². The molecule has 0 radical (unpaired) electrons. The summed E-state index contributed by atoms with van der Waals surface area (Å²) in [6.07, 6.45) is -2.62. The summed E-state index contributed by atoms with van der Waals surface area (Å²) in [5.41, 5.74) is 0. The number of halogens is 2. The molecule has 74 valence electrons. The third kappa shape index (κ3) is 3.02.